The van der Waals surface area contributed by atoms with E-state index in [2.05, 4.69) is 14.2 Å². The van der Waals surface area contributed by atoms with Gasteiger partial charge in [-0.3, -0.25) is 0 Å². The number of hydrogen-bond donors (Lipinski definition) is 0. The summed E-state index contributed by atoms with van der Waals surface area (Å²) in [5.41, 5.74) is 0. The Morgan fingerprint density at radius 3 is 1.18 bits per heavy atom. The molecule has 0 aromatic carbocycles. The van der Waals surface area contributed by atoms with Gasteiger partial charge in [-0.05, 0) is 0 Å². The third-order valence-electron chi connectivity index (χ3n) is 1.34. The van der Waals surface area contributed by atoms with Gasteiger partial charge in [0.05, 0.1) is 0 Å². The summed E-state index contributed by atoms with van der Waals surface area (Å²) in [5, 5.41) is 0. The lowest BCUT2D eigenvalue weighted by Gasteiger charge is -2.33. The number of hydrogen-bond acceptors (Lipinski definition) is 3. The first-order valence-corrected chi connectivity index (χ1v) is 2.97. The average molecular weight is 170 g/mol. The van der Waals surface area contributed by atoms with Gasteiger partial charge in [0, 0.05) is 28.3 Å². The Labute approximate surface area is 64.2 Å². The van der Waals surface area contributed by atoms with Gasteiger partial charge in [0.25, 0.3) is 0 Å². The molecule has 11 heavy (non-hydrogen) atoms. The summed E-state index contributed by atoms with van der Waals surface area (Å²) in [5.74, 6) is -5.47. The monoisotopic (exact) mass is 170 g/mol. The van der Waals surface area contributed by atoms with Crippen molar-refractivity contribution in [1.29, 1.82) is 0 Å². The number of alkyl halides is 2. The predicted octanol–water partition coefficient (Wildman–Crippen LogP) is 1.23. The third kappa shape index (κ3) is 1.85. The van der Waals surface area contributed by atoms with E-state index in [0.29, 0.717) is 6.92 Å². The molecular formula is C6H12F2O3. The smallest absolute Gasteiger partial charge is 0.326 e. The van der Waals surface area contributed by atoms with Gasteiger partial charge in [-0.2, -0.15) is 8.78 Å². The summed E-state index contributed by atoms with van der Waals surface area (Å²) < 4.78 is 38.6. The van der Waals surface area contributed by atoms with Crippen LogP contribution in [0.4, 0.5) is 8.78 Å². The first kappa shape index (κ1) is 10.7. The van der Waals surface area contributed by atoms with Crippen LogP contribution in [0.3, 0.4) is 0 Å². The van der Waals surface area contributed by atoms with Crippen molar-refractivity contribution >= 4 is 0 Å². The molecule has 0 bridgehead atoms. The highest BCUT2D eigenvalue weighted by molar-refractivity contribution is 4.72. The van der Waals surface area contributed by atoms with Crippen molar-refractivity contribution in [3.8, 4) is 0 Å². The predicted molar refractivity (Wildman–Crippen MR) is 34.4 cm³/mol. The minimum atomic E-state index is -3.20. The van der Waals surface area contributed by atoms with E-state index in [1.807, 2.05) is 0 Å². The maximum Gasteiger partial charge on any atom is 0.349 e. The van der Waals surface area contributed by atoms with E-state index < -0.39 is 11.9 Å². The molecule has 0 unspecified atom stereocenters. The van der Waals surface area contributed by atoms with Gasteiger partial charge in [0.2, 0.25) is 0 Å². The minimum absolute atomic E-state index is 0.656. The molecule has 0 rings (SSSR count). The van der Waals surface area contributed by atoms with E-state index >= 15 is 0 Å². The molecule has 0 aliphatic heterocycles. The number of methoxy groups -OCH3 is 3. The van der Waals surface area contributed by atoms with E-state index in [4.69, 9.17) is 0 Å². The highest BCUT2D eigenvalue weighted by atomic mass is 19.3. The third-order valence-corrected chi connectivity index (χ3v) is 1.34. The fraction of sp³-hybridized carbons (Fsp3) is 1.00. The van der Waals surface area contributed by atoms with Crippen LogP contribution < -0.4 is 0 Å². The first-order valence-electron chi connectivity index (χ1n) is 2.97. The lowest BCUT2D eigenvalue weighted by Crippen LogP contribution is -2.51. The Kier molecular flexibility index (Phi) is 3.34. The van der Waals surface area contributed by atoms with Gasteiger partial charge in [0.15, 0.2) is 0 Å². The van der Waals surface area contributed by atoms with Crippen LogP contribution in [0.2, 0.25) is 0 Å². The molecule has 0 atom stereocenters. The molecule has 0 spiro atoms. The molecule has 0 aliphatic carbocycles. The Hall–Kier alpha value is -0.260. The molecule has 0 fully saturated rings. The molecule has 0 saturated heterocycles. The van der Waals surface area contributed by atoms with Gasteiger partial charge in [0.1, 0.15) is 0 Å². The molecule has 0 radical (unpaired) electrons. The van der Waals surface area contributed by atoms with Crippen molar-refractivity contribution in [2.75, 3.05) is 21.3 Å². The standard InChI is InChI=1S/C6H12F2O3/c1-5(7,8)6(9-2,10-3)11-4/h1-4H3. The number of ether oxygens (including phenoxy) is 3. The fourth-order valence-electron chi connectivity index (χ4n) is 0.788. The largest absolute Gasteiger partial charge is 0.349 e. The van der Waals surface area contributed by atoms with Gasteiger partial charge in [-0.25, -0.2) is 0 Å². The van der Waals surface area contributed by atoms with E-state index in [1.54, 1.807) is 0 Å². The molecule has 68 valence electrons. The zero-order valence-electron chi connectivity index (χ0n) is 6.98. The van der Waals surface area contributed by atoms with Crippen molar-refractivity contribution in [2.24, 2.45) is 0 Å². The van der Waals surface area contributed by atoms with Crippen LogP contribution in [0.25, 0.3) is 0 Å². The summed E-state index contributed by atoms with van der Waals surface area (Å²) in [7, 11) is 3.26. The molecular weight excluding hydrogens is 158 g/mol. The minimum Gasteiger partial charge on any atom is -0.326 e. The molecule has 0 saturated carbocycles. The lowest BCUT2D eigenvalue weighted by atomic mass is 10.3. The van der Waals surface area contributed by atoms with Crippen molar-refractivity contribution in [2.45, 2.75) is 18.8 Å². The quantitative estimate of drug-likeness (QED) is 0.594. The molecule has 0 heterocycles. The van der Waals surface area contributed by atoms with Crippen LogP contribution in [-0.2, 0) is 14.2 Å². The number of rotatable bonds is 4. The van der Waals surface area contributed by atoms with Crippen LogP contribution in [0.5, 0.6) is 0 Å². The van der Waals surface area contributed by atoms with E-state index in [0.717, 1.165) is 21.3 Å². The SMILES string of the molecule is COC(OC)(OC)C(C)(F)F. The Morgan fingerprint density at radius 1 is 0.909 bits per heavy atom. The van der Waals surface area contributed by atoms with E-state index in [-0.39, 0.29) is 0 Å². The molecule has 3 nitrogen and oxygen atoms in total. The van der Waals surface area contributed by atoms with E-state index in [1.165, 1.54) is 0 Å². The summed E-state index contributed by atoms with van der Waals surface area (Å²) in [6, 6.07) is 0. The molecule has 5 heteroatoms. The maximum absolute atomic E-state index is 12.7. The van der Waals surface area contributed by atoms with Crippen LogP contribution in [0, 0.1) is 0 Å². The van der Waals surface area contributed by atoms with Crippen molar-refractivity contribution < 1.29 is 23.0 Å². The molecule has 0 N–H and O–H groups in total. The Bertz CT molecular complexity index is 109. The van der Waals surface area contributed by atoms with Crippen molar-refractivity contribution in [3.63, 3.8) is 0 Å². The van der Waals surface area contributed by atoms with Crippen molar-refractivity contribution in [3.05, 3.63) is 0 Å². The van der Waals surface area contributed by atoms with Crippen LogP contribution >= 0.6 is 0 Å². The van der Waals surface area contributed by atoms with Gasteiger partial charge in [-0.15, -0.1) is 0 Å². The summed E-state index contributed by atoms with van der Waals surface area (Å²) >= 11 is 0. The maximum atomic E-state index is 12.7. The highest BCUT2D eigenvalue weighted by Crippen LogP contribution is 2.32. The van der Waals surface area contributed by atoms with Crippen LogP contribution in [0.1, 0.15) is 6.92 Å². The first-order chi connectivity index (χ1) is 4.93. The second-order valence-electron chi connectivity index (χ2n) is 2.06. The molecule has 0 aromatic rings. The fourth-order valence-corrected chi connectivity index (χ4v) is 0.788. The van der Waals surface area contributed by atoms with Crippen LogP contribution in [-0.4, -0.2) is 33.2 Å². The molecule has 0 amide bonds. The second-order valence-corrected chi connectivity index (χ2v) is 2.06. The average Bonchev–Trinajstić information content (AvgIpc) is 1.90. The van der Waals surface area contributed by atoms with Crippen LogP contribution in [0.15, 0.2) is 0 Å². The molecule has 0 aliphatic rings. The summed E-state index contributed by atoms with van der Waals surface area (Å²) in [6.07, 6.45) is 0. The van der Waals surface area contributed by atoms with Gasteiger partial charge < -0.3 is 14.2 Å². The topological polar surface area (TPSA) is 27.7 Å². The Morgan fingerprint density at radius 2 is 1.18 bits per heavy atom. The molecule has 0 aromatic heterocycles. The zero-order valence-corrected chi connectivity index (χ0v) is 6.98. The normalized spacial score (nSPS) is 13.6. The highest BCUT2D eigenvalue weighted by Gasteiger charge is 2.52. The van der Waals surface area contributed by atoms with Gasteiger partial charge in [-0.1, -0.05) is 0 Å². The summed E-state index contributed by atoms with van der Waals surface area (Å²) in [6.45, 7) is 0.656. The second kappa shape index (κ2) is 3.42. The number of halogens is 2. The Balaban J connectivity index is 4.54. The van der Waals surface area contributed by atoms with Gasteiger partial charge >= 0.3 is 11.9 Å². The van der Waals surface area contributed by atoms with E-state index in [9.17, 15) is 8.78 Å². The van der Waals surface area contributed by atoms with Crippen molar-refractivity contribution in [1.82, 2.24) is 0 Å². The lowest BCUT2D eigenvalue weighted by molar-refractivity contribution is -0.428. The summed E-state index contributed by atoms with van der Waals surface area (Å²) in [4.78, 5) is 0. The zero-order chi connectivity index (χ0) is 9.12.